The number of benzene rings is 1. The number of anilines is 3. The Morgan fingerprint density at radius 2 is 1.98 bits per heavy atom. The van der Waals surface area contributed by atoms with Crippen molar-refractivity contribution in [2.24, 2.45) is 13.0 Å². The number of carbonyl (C=O) groups excluding carboxylic acids is 1. The molecule has 4 aromatic heterocycles. The number of halogens is 1. The van der Waals surface area contributed by atoms with Gasteiger partial charge in [-0.3, -0.25) is 4.79 Å². The zero-order valence-corrected chi connectivity index (χ0v) is 23.9. The maximum absolute atomic E-state index is 15.4. The number of amides is 1. The van der Waals surface area contributed by atoms with Crippen molar-refractivity contribution in [1.29, 1.82) is 0 Å². The normalized spacial score (nSPS) is 17.0. The fraction of sp³-hybridized carbons (Fsp3) is 0.290. The number of aromatic nitrogens is 6. The van der Waals surface area contributed by atoms with Crippen molar-refractivity contribution in [1.82, 2.24) is 34.4 Å². The van der Waals surface area contributed by atoms with Crippen LogP contribution in [0.15, 0.2) is 61.8 Å². The number of ether oxygens (including phenoxy) is 1. The van der Waals surface area contributed by atoms with Gasteiger partial charge in [0.25, 0.3) is 0 Å². The van der Waals surface area contributed by atoms with E-state index in [1.54, 1.807) is 24.7 Å². The van der Waals surface area contributed by atoms with Crippen LogP contribution in [0.4, 0.5) is 21.7 Å². The smallest absolute Gasteiger partial charge is 0.246 e. The summed E-state index contributed by atoms with van der Waals surface area (Å²) < 4.78 is 23.2. The molecule has 11 nitrogen and oxygen atoms in total. The van der Waals surface area contributed by atoms with E-state index in [1.165, 1.54) is 18.5 Å². The van der Waals surface area contributed by atoms with Gasteiger partial charge in [0.05, 0.1) is 29.8 Å². The number of imidazole rings is 1. The van der Waals surface area contributed by atoms with Crippen LogP contribution in [0.1, 0.15) is 18.4 Å². The molecule has 1 saturated heterocycles. The Bertz CT molecular complexity index is 1890. The first-order valence-electron chi connectivity index (χ1n) is 14.2. The zero-order chi connectivity index (χ0) is 29.7. The summed E-state index contributed by atoms with van der Waals surface area (Å²) >= 11 is 0. The van der Waals surface area contributed by atoms with Gasteiger partial charge in [0, 0.05) is 38.8 Å². The van der Waals surface area contributed by atoms with Crippen molar-refractivity contribution >= 4 is 45.4 Å². The monoisotopic (exact) mass is 579 g/mol. The molecule has 43 heavy (non-hydrogen) atoms. The maximum atomic E-state index is 15.4. The number of carbonyl (C=O) groups is 1. The van der Waals surface area contributed by atoms with Crippen molar-refractivity contribution < 1.29 is 13.9 Å². The van der Waals surface area contributed by atoms with Crippen LogP contribution in [0.2, 0.25) is 0 Å². The number of aryl methyl sites for hydroxylation is 2. The molecule has 1 N–H and O–H groups in total. The molecule has 7 rings (SSSR count). The summed E-state index contributed by atoms with van der Waals surface area (Å²) in [5.74, 6) is 1.95. The summed E-state index contributed by atoms with van der Waals surface area (Å²) in [6.45, 7) is 7.46. The lowest BCUT2D eigenvalue weighted by Crippen LogP contribution is -2.56. The molecule has 5 heterocycles. The number of nitrogens with zero attached hydrogens (tertiary/aromatic N) is 8. The highest BCUT2D eigenvalue weighted by atomic mass is 19.1. The van der Waals surface area contributed by atoms with Gasteiger partial charge >= 0.3 is 0 Å². The molecule has 1 aliphatic heterocycles. The molecule has 12 heteroatoms. The minimum absolute atomic E-state index is 0.0254. The summed E-state index contributed by atoms with van der Waals surface area (Å²) in [5.41, 5.74) is 3.54. The zero-order valence-electron chi connectivity index (χ0n) is 23.9. The second kappa shape index (κ2) is 10.6. The molecule has 218 valence electrons. The molecule has 1 saturated carbocycles. The van der Waals surface area contributed by atoms with Crippen LogP contribution in [0.5, 0.6) is 11.5 Å². The minimum Gasteiger partial charge on any atom is -0.455 e. The fourth-order valence-corrected chi connectivity index (χ4v) is 5.67. The Morgan fingerprint density at radius 1 is 1.12 bits per heavy atom. The van der Waals surface area contributed by atoms with Gasteiger partial charge < -0.3 is 24.4 Å². The predicted molar refractivity (Wildman–Crippen MR) is 161 cm³/mol. The molecule has 1 aromatic carbocycles. The van der Waals surface area contributed by atoms with Gasteiger partial charge in [-0.1, -0.05) is 6.58 Å². The maximum Gasteiger partial charge on any atom is 0.246 e. The van der Waals surface area contributed by atoms with Crippen LogP contribution in [0, 0.1) is 18.7 Å². The Labute approximate surface area is 247 Å². The van der Waals surface area contributed by atoms with Crippen LogP contribution in [-0.4, -0.2) is 66.0 Å². The predicted octanol–water partition coefficient (Wildman–Crippen LogP) is 4.90. The van der Waals surface area contributed by atoms with Gasteiger partial charge in [0.1, 0.15) is 40.5 Å². The van der Waals surface area contributed by atoms with E-state index in [0.717, 1.165) is 29.9 Å². The average molecular weight is 580 g/mol. The number of hydrogen-bond acceptors (Lipinski definition) is 9. The Hall–Kier alpha value is -5.13. The minimum atomic E-state index is -0.509. The summed E-state index contributed by atoms with van der Waals surface area (Å²) in [6.07, 6.45) is 8.34. The van der Waals surface area contributed by atoms with Crippen molar-refractivity contribution in [2.75, 3.05) is 29.9 Å². The first-order chi connectivity index (χ1) is 20.9. The van der Waals surface area contributed by atoms with Gasteiger partial charge in [-0.25, -0.2) is 29.3 Å². The second-order valence-electron chi connectivity index (χ2n) is 11.0. The Morgan fingerprint density at radius 3 is 2.79 bits per heavy atom. The van der Waals surface area contributed by atoms with Crippen molar-refractivity contribution in [3.63, 3.8) is 0 Å². The van der Waals surface area contributed by atoms with E-state index >= 15 is 4.39 Å². The summed E-state index contributed by atoms with van der Waals surface area (Å²) in [7, 11) is 1.87. The molecule has 0 radical (unpaired) electrons. The van der Waals surface area contributed by atoms with Crippen molar-refractivity contribution in [3.8, 4) is 11.5 Å². The Balaban J connectivity index is 1.14. The van der Waals surface area contributed by atoms with Crippen LogP contribution in [0.3, 0.4) is 0 Å². The average Bonchev–Trinajstić information content (AvgIpc) is 3.81. The molecule has 2 aliphatic rings. The van der Waals surface area contributed by atoms with E-state index in [-0.39, 0.29) is 17.6 Å². The van der Waals surface area contributed by atoms with Crippen LogP contribution in [0.25, 0.3) is 22.2 Å². The summed E-state index contributed by atoms with van der Waals surface area (Å²) in [4.78, 5) is 39.0. The van der Waals surface area contributed by atoms with E-state index in [0.29, 0.717) is 59.4 Å². The lowest BCUT2D eigenvalue weighted by atomic mass is 10.1. The van der Waals surface area contributed by atoms with E-state index < -0.39 is 5.82 Å². The first-order valence-corrected chi connectivity index (χ1v) is 14.2. The number of fused-ring (bicyclic) bond motifs is 2. The molecular formula is C31H30FN9O2. The molecule has 0 spiro atoms. The van der Waals surface area contributed by atoms with E-state index in [9.17, 15) is 4.79 Å². The van der Waals surface area contributed by atoms with Gasteiger partial charge in [-0.15, -0.1) is 0 Å². The van der Waals surface area contributed by atoms with E-state index in [1.807, 2.05) is 35.6 Å². The van der Waals surface area contributed by atoms with Gasteiger partial charge in [-0.2, -0.15) is 0 Å². The highest BCUT2D eigenvalue weighted by Gasteiger charge is 2.40. The summed E-state index contributed by atoms with van der Waals surface area (Å²) in [5, 5.41) is 3.12. The molecule has 1 amide bonds. The first kappa shape index (κ1) is 26.7. The van der Waals surface area contributed by atoms with Crippen LogP contribution < -0.4 is 15.0 Å². The lowest BCUT2D eigenvalue weighted by Gasteiger charge is -2.42. The van der Waals surface area contributed by atoms with Gasteiger partial charge in [0.2, 0.25) is 5.91 Å². The summed E-state index contributed by atoms with van der Waals surface area (Å²) in [6, 6.07) is 8.73. The largest absolute Gasteiger partial charge is 0.455 e. The van der Waals surface area contributed by atoms with Gasteiger partial charge in [-0.05, 0) is 55.5 Å². The Kier molecular flexibility index (Phi) is 6.60. The number of nitrogens with one attached hydrogen (secondary N) is 1. The van der Waals surface area contributed by atoms with Crippen LogP contribution in [-0.2, 0) is 11.8 Å². The number of pyridine rings is 2. The van der Waals surface area contributed by atoms with Gasteiger partial charge in [0.15, 0.2) is 11.5 Å². The van der Waals surface area contributed by atoms with Crippen molar-refractivity contribution in [3.05, 3.63) is 73.2 Å². The third kappa shape index (κ3) is 5.09. The fourth-order valence-electron chi connectivity index (χ4n) is 5.67. The molecule has 1 atom stereocenters. The van der Waals surface area contributed by atoms with Crippen molar-refractivity contribution in [2.45, 2.75) is 25.8 Å². The molecule has 0 unspecified atom stereocenters. The quantitative estimate of drug-likeness (QED) is 0.269. The van der Waals surface area contributed by atoms with E-state index in [2.05, 4.69) is 36.7 Å². The lowest BCUT2D eigenvalue weighted by molar-refractivity contribution is -0.129. The highest BCUT2D eigenvalue weighted by molar-refractivity contribution is 5.89. The highest BCUT2D eigenvalue weighted by Crippen LogP contribution is 2.38. The molecule has 0 bridgehead atoms. The number of piperazine rings is 1. The third-order valence-corrected chi connectivity index (χ3v) is 8.11. The molecule has 5 aromatic rings. The topological polar surface area (TPSA) is 114 Å². The third-order valence-electron chi connectivity index (χ3n) is 8.11. The van der Waals surface area contributed by atoms with Crippen LogP contribution >= 0.6 is 0 Å². The number of rotatable bonds is 7. The standard InChI is InChI=1S/C31H30FN9O2/c1-4-28(42)41-10-9-40(15-25(41)19-5-6-19)27-8-7-22-29(38-27)30(35-16-34-22)37-23-11-18(2)26(13-21(23)32)43-20-12-24-31(33-14-20)39(3)17-36-24/h4,7-8,11-14,16-17,19,25H,1,5-6,9-10,15H2,2-3H3,(H,34,35,37)/t25-/m0/s1. The van der Waals surface area contributed by atoms with E-state index in [4.69, 9.17) is 9.72 Å². The SMILES string of the molecule is C=CC(=O)N1CCN(c2ccc3ncnc(Nc4cc(C)c(Oc5cnc6c(c5)ncn6C)cc4F)c3n2)C[C@H]1C1CC1. The molecule has 1 aliphatic carbocycles. The number of hydrogen-bond donors (Lipinski definition) is 1. The second-order valence-corrected chi connectivity index (χ2v) is 11.0. The molecule has 2 fully saturated rings. The molecular weight excluding hydrogens is 549 g/mol.